The Bertz CT molecular complexity index is 614. The fourth-order valence-corrected chi connectivity index (χ4v) is 2.26. The first-order valence-corrected chi connectivity index (χ1v) is 8.16. The molecule has 0 aliphatic carbocycles. The highest BCUT2D eigenvalue weighted by atomic mass is 16.5. The van der Waals surface area contributed by atoms with E-state index >= 15 is 0 Å². The van der Waals surface area contributed by atoms with Gasteiger partial charge in [-0.3, -0.25) is 4.79 Å². The molecule has 0 radical (unpaired) electrons. The van der Waals surface area contributed by atoms with Crippen LogP contribution in [0.25, 0.3) is 11.1 Å². The van der Waals surface area contributed by atoms with Crippen LogP contribution in [-0.2, 0) is 9.53 Å². The highest BCUT2D eigenvalue weighted by Gasteiger charge is 2.10. The van der Waals surface area contributed by atoms with Gasteiger partial charge in [0.25, 0.3) is 0 Å². The van der Waals surface area contributed by atoms with E-state index in [2.05, 4.69) is 19.1 Å². The van der Waals surface area contributed by atoms with Crippen LogP contribution in [0.3, 0.4) is 0 Å². The summed E-state index contributed by atoms with van der Waals surface area (Å²) in [5.41, 5.74) is 3.27. The molecule has 122 valence electrons. The Morgan fingerprint density at radius 2 is 1.52 bits per heavy atom. The van der Waals surface area contributed by atoms with Crippen LogP contribution in [0.5, 0.6) is 5.75 Å². The summed E-state index contributed by atoms with van der Waals surface area (Å²) in [4.78, 5) is 11.4. The number of carbonyl (C=O) groups is 1. The molecular weight excluding hydrogens is 288 g/mol. The Labute approximate surface area is 138 Å². The van der Waals surface area contributed by atoms with Gasteiger partial charge in [-0.25, -0.2) is 0 Å². The molecule has 0 fully saturated rings. The van der Waals surface area contributed by atoms with E-state index < -0.39 is 0 Å². The van der Waals surface area contributed by atoms with E-state index in [1.807, 2.05) is 43.3 Å². The second kappa shape index (κ2) is 8.37. The molecule has 0 N–H and O–H groups in total. The average molecular weight is 312 g/mol. The van der Waals surface area contributed by atoms with E-state index in [1.165, 1.54) is 0 Å². The minimum atomic E-state index is -0.221. The molecule has 2 aromatic carbocycles. The van der Waals surface area contributed by atoms with Crippen LogP contribution in [0, 0.1) is 0 Å². The first-order chi connectivity index (χ1) is 11.1. The molecular formula is C20H24O3. The van der Waals surface area contributed by atoms with Crippen LogP contribution in [0.2, 0.25) is 0 Å². The van der Waals surface area contributed by atoms with E-state index in [1.54, 1.807) is 6.92 Å². The fourth-order valence-electron chi connectivity index (χ4n) is 2.26. The maximum atomic E-state index is 11.4. The molecule has 0 saturated heterocycles. The Morgan fingerprint density at radius 3 is 2.04 bits per heavy atom. The van der Waals surface area contributed by atoms with Crippen molar-refractivity contribution in [3.63, 3.8) is 0 Å². The quantitative estimate of drug-likeness (QED) is 0.663. The third kappa shape index (κ3) is 4.85. The molecule has 2 rings (SSSR count). The molecule has 3 nitrogen and oxygen atoms in total. The molecule has 1 atom stereocenters. The topological polar surface area (TPSA) is 35.5 Å². The van der Waals surface area contributed by atoms with Crippen LogP contribution in [0.1, 0.15) is 45.3 Å². The van der Waals surface area contributed by atoms with Gasteiger partial charge in [-0.2, -0.15) is 0 Å². The van der Waals surface area contributed by atoms with Crippen molar-refractivity contribution in [2.45, 2.75) is 39.7 Å². The van der Waals surface area contributed by atoms with Gasteiger partial charge in [0.15, 0.2) is 0 Å². The third-order valence-electron chi connectivity index (χ3n) is 3.64. The lowest BCUT2D eigenvalue weighted by Crippen LogP contribution is -2.07. The van der Waals surface area contributed by atoms with E-state index in [0.29, 0.717) is 6.42 Å². The smallest absolute Gasteiger partial charge is 0.306 e. The molecule has 0 heterocycles. The van der Waals surface area contributed by atoms with Gasteiger partial charge in [-0.05, 0) is 42.2 Å². The van der Waals surface area contributed by atoms with Crippen molar-refractivity contribution >= 4 is 5.97 Å². The van der Waals surface area contributed by atoms with Crippen molar-refractivity contribution in [1.82, 2.24) is 0 Å². The number of carbonyl (C=O) groups excluding carboxylic acids is 1. The van der Waals surface area contributed by atoms with Gasteiger partial charge in [0, 0.05) is 6.42 Å². The number of benzene rings is 2. The summed E-state index contributed by atoms with van der Waals surface area (Å²) >= 11 is 0. The number of esters is 1. The second-order valence-corrected chi connectivity index (χ2v) is 5.48. The van der Waals surface area contributed by atoms with Crippen LogP contribution < -0.4 is 4.74 Å². The lowest BCUT2D eigenvalue weighted by Gasteiger charge is -2.13. The molecule has 0 spiro atoms. The molecule has 0 aromatic heterocycles. The zero-order valence-corrected chi connectivity index (χ0v) is 14.0. The monoisotopic (exact) mass is 312 g/mol. The van der Waals surface area contributed by atoms with E-state index in [0.717, 1.165) is 35.5 Å². The largest absolute Gasteiger partial charge is 0.494 e. The SMILES string of the molecule is CCCOc1ccc(-c2ccc(C(C)OC(=O)CC)cc2)cc1. The third-order valence-corrected chi connectivity index (χ3v) is 3.64. The van der Waals surface area contributed by atoms with Crippen molar-refractivity contribution in [1.29, 1.82) is 0 Å². The molecule has 0 aliphatic rings. The molecule has 0 bridgehead atoms. The predicted molar refractivity (Wildman–Crippen MR) is 92.5 cm³/mol. The van der Waals surface area contributed by atoms with E-state index in [-0.39, 0.29) is 12.1 Å². The summed E-state index contributed by atoms with van der Waals surface area (Å²) in [5, 5.41) is 0. The summed E-state index contributed by atoms with van der Waals surface area (Å²) in [5.74, 6) is 0.719. The zero-order chi connectivity index (χ0) is 16.7. The number of hydrogen-bond acceptors (Lipinski definition) is 3. The molecule has 0 saturated carbocycles. The normalized spacial score (nSPS) is 11.8. The first-order valence-electron chi connectivity index (χ1n) is 8.16. The van der Waals surface area contributed by atoms with Crippen molar-refractivity contribution in [2.75, 3.05) is 6.61 Å². The van der Waals surface area contributed by atoms with Gasteiger partial charge in [-0.1, -0.05) is 50.2 Å². The van der Waals surface area contributed by atoms with Crippen LogP contribution in [-0.4, -0.2) is 12.6 Å². The summed E-state index contributed by atoms with van der Waals surface area (Å²) < 4.78 is 10.9. The maximum Gasteiger partial charge on any atom is 0.306 e. The predicted octanol–water partition coefficient (Wildman–Crippen LogP) is 5.16. The summed E-state index contributed by atoms with van der Waals surface area (Å²) in [6.07, 6.45) is 1.18. The summed E-state index contributed by atoms with van der Waals surface area (Å²) in [6, 6.07) is 16.2. The van der Waals surface area contributed by atoms with Crippen LogP contribution >= 0.6 is 0 Å². The van der Waals surface area contributed by atoms with Crippen molar-refractivity contribution in [2.24, 2.45) is 0 Å². The van der Waals surface area contributed by atoms with Crippen LogP contribution in [0.4, 0.5) is 0 Å². The molecule has 23 heavy (non-hydrogen) atoms. The second-order valence-electron chi connectivity index (χ2n) is 5.48. The highest BCUT2D eigenvalue weighted by Crippen LogP contribution is 2.25. The lowest BCUT2D eigenvalue weighted by atomic mass is 10.0. The average Bonchev–Trinajstić information content (AvgIpc) is 2.60. The minimum absolute atomic E-state index is 0.177. The Morgan fingerprint density at radius 1 is 0.957 bits per heavy atom. The molecule has 3 heteroatoms. The highest BCUT2D eigenvalue weighted by molar-refractivity contribution is 5.69. The van der Waals surface area contributed by atoms with Gasteiger partial charge in [-0.15, -0.1) is 0 Å². The number of hydrogen-bond donors (Lipinski definition) is 0. The van der Waals surface area contributed by atoms with Gasteiger partial charge in [0.2, 0.25) is 0 Å². The van der Waals surface area contributed by atoms with Gasteiger partial charge in [0.1, 0.15) is 11.9 Å². The standard InChI is InChI=1S/C20H24O3/c1-4-14-22-19-12-10-18(11-13-19)17-8-6-16(7-9-17)15(3)23-20(21)5-2/h6-13,15H,4-5,14H2,1-3H3. The zero-order valence-electron chi connectivity index (χ0n) is 14.0. The molecule has 0 amide bonds. The minimum Gasteiger partial charge on any atom is -0.494 e. The van der Waals surface area contributed by atoms with Crippen molar-refractivity contribution < 1.29 is 14.3 Å². The van der Waals surface area contributed by atoms with Gasteiger partial charge in [0.05, 0.1) is 6.61 Å². The maximum absolute atomic E-state index is 11.4. The summed E-state index contributed by atoms with van der Waals surface area (Å²) in [6.45, 7) is 6.52. The Hall–Kier alpha value is -2.29. The number of ether oxygens (including phenoxy) is 2. The lowest BCUT2D eigenvalue weighted by molar-refractivity contribution is -0.148. The van der Waals surface area contributed by atoms with Gasteiger partial charge < -0.3 is 9.47 Å². The molecule has 0 aliphatic heterocycles. The number of rotatable bonds is 7. The van der Waals surface area contributed by atoms with Gasteiger partial charge >= 0.3 is 5.97 Å². The van der Waals surface area contributed by atoms with E-state index in [9.17, 15) is 4.79 Å². The molecule has 2 aromatic rings. The molecule has 1 unspecified atom stereocenters. The Balaban J connectivity index is 2.05. The summed E-state index contributed by atoms with van der Waals surface area (Å²) in [7, 11) is 0. The van der Waals surface area contributed by atoms with Crippen molar-refractivity contribution in [3.05, 3.63) is 54.1 Å². The Kier molecular flexibility index (Phi) is 6.21. The fraction of sp³-hybridized carbons (Fsp3) is 0.350. The van der Waals surface area contributed by atoms with Crippen LogP contribution in [0.15, 0.2) is 48.5 Å². The van der Waals surface area contributed by atoms with E-state index in [4.69, 9.17) is 9.47 Å². The van der Waals surface area contributed by atoms with Crippen molar-refractivity contribution in [3.8, 4) is 16.9 Å². The first kappa shape index (κ1) is 17.1.